The van der Waals surface area contributed by atoms with Gasteiger partial charge in [0.25, 0.3) is 5.79 Å². The molecule has 1 fully saturated rings. The maximum atomic E-state index is 11.2. The third-order valence-electron chi connectivity index (χ3n) is 1.91. The minimum absolute atomic E-state index is 0.285. The summed E-state index contributed by atoms with van der Waals surface area (Å²) in [6.07, 6.45) is 1.07. The zero-order valence-corrected chi connectivity index (χ0v) is 8.96. The van der Waals surface area contributed by atoms with Crippen molar-refractivity contribution in [2.24, 2.45) is 0 Å². The van der Waals surface area contributed by atoms with Crippen molar-refractivity contribution in [1.29, 1.82) is 0 Å². The van der Waals surface area contributed by atoms with Gasteiger partial charge in [0.05, 0.1) is 0 Å². The Morgan fingerprint density at radius 2 is 1.33 bits per heavy atom. The zero-order chi connectivity index (χ0) is 11.6. The van der Waals surface area contributed by atoms with Crippen LogP contribution in [-0.4, -0.2) is 17.7 Å². The Morgan fingerprint density at radius 3 is 1.53 bits per heavy atom. The summed E-state index contributed by atoms with van der Waals surface area (Å²) in [7, 11) is 0. The molecule has 0 spiro atoms. The van der Waals surface area contributed by atoms with Gasteiger partial charge in [0.1, 0.15) is 0 Å². The van der Waals surface area contributed by atoms with Crippen LogP contribution in [0.1, 0.15) is 26.7 Å². The van der Waals surface area contributed by atoms with Gasteiger partial charge in [-0.1, -0.05) is 13.2 Å². The van der Waals surface area contributed by atoms with Crippen molar-refractivity contribution >= 4 is 11.9 Å². The summed E-state index contributed by atoms with van der Waals surface area (Å²) >= 11 is 0. The molecule has 0 N–H and O–H groups in total. The Morgan fingerprint density at radius 1 is 1.00 bits per heavy atom. The average molecular weight is 210 g/mol. The highest BCUT2D eigenvalue weighted by Crippen LogP contribution is 2.41. The molecule has 0 radical (unpaired) electrons. The number of hydrogen-bond acceptors (Lipinski definition) is 4. The van der Waals surface area contributed by atoms with Crippen LogP contribution in [-0.2, 0) is 19.1 Å². The highest BCUT2D eigenvalue weighted by atomic mass is 16.7. The summed E-state index contributed by atoms with van der Waals surface area (Å²) in [5.41, 5.74) is 0.570. The van der Waals surface area contributed by atoms with E-state index < -0.39 is 17.7 Å². The molecular weight excluding hydrogens is 196 g/mol. The van der Waals surface area contributed by atoms with E-state index in [1.165, 1.54) is 0 Å². The fourth-order valence-electron chi connectivity index (χ4n) is 0.839. The van der Waals surface area contributed by atoms with Crippen LogP contribution in [0.25, 0.3) is 0 Å². The molecule has 0 aromatic rings. The van der Waals surface area contributed by atoms with Gasteiger partial charge >= 0.3 is 11.9 Å². The summed E-state index contributed by atoms with van der Waals surface area (Å²) in [5, 5.41) is 0. The zero-order valence-electron chi connectivity index (χ0n) is 8.96. The van der Waals surface area contributed by atoms with E-state index in [4.69, 9.17) is 9.47 Å². The van der Waals surface area contributed by atoms with E-state index in [-0.39, 0.29) is 11.1 Å². The predicted octanol–water partition coefficient (Wildman–Crippen LogP) is 1.72. The van der Waals surface area contributed by atoms with Crippen molar-refractivity contribution in [3.8, 4) is 0 Å². The summed E-state index contributed by atoms with van der Waals surface area (Å²) in [4.78, 5) is 22.4. The molecule has 0 aliphatic heterocycles. The van der Waals surface area contributed by atoms with Crippen molar-refractivity contribution in [2.45, 2.75) is 32.5 Å². The number of esters is 2. The lowest BCUT2D eigenvalue weighted by atomic mass is 10.3. The first-order valence-electron chi connectivity index (χ1n) is 4.64. The minimum atomic E-state index is -1.06. The molecule has 1 rings (SSSR count). The van der Waals surface area contributed by atoms with Gasteiger partial charge < -0.3 is 9.47 Å². The molecule has 0 aromatic heterocycles. The Labute approximate surface area is 88.6 Å². The van der Waals surface area contributed by atoms with Gasteiger partial charge in [0.15, 0.2) is 0 Å². The Hall–Kier alpha value is -1.58. The van der Waals surface area contributed by atoms with Crippen molar-refractivity contribution < 1.29 is 19.1 Å². The molecule has 4 nitrogen and oxygen atoms in total. The van der Waals surface area contributed by atoms with E-state index >= 15 is 0 Å². The lowest BCUT2D eigenvalue weighted by Crippen LogP contribution is -2.26. The van der Waals surface area contributed by atoms with Crippen LogP contribution in [0.2, 0.25) is 0 Å². The average Bonchev–Trinajstić information content (AvgIpc) is 2.84. The van der Waals surface area contributed by atoms with Gasteiger partial charge in [0.2, 0.25) is 0 Å². The topological polar surface area (TPSA) is 52.6 Å². The molecule has 0 amide bonds. The highest BCUT2D eigenvalue weighted by molar-refractivity contribution is 5.89. The molecule has 0 aromatic carbocycles. The standard InChI is InChI=1S/C11H14O4/c1-7(2)9(12)14-11(5-6-11)15-10(13)8(3)4/h1,3,5-6H2,2,4H3. The first-order chi connectivity index (χ1) is 6.86. The van der Waals surface area contributed by atoms with Crippen LogP contribution in [0.4, 0.5) is 0 Å². The lowest BCUT2D eigenvalue weighted by Gasteiger charge is -2.17. The fourth-order valence-corrected chi connectivity index (χ4v) is 0.839. The van der Waals surface area contributed by atoms with Crippen LogP contribution in [0.15, 0.2) is 24.3 Å². The number of ether oxygens (including phenoxy) is 2. The van der Waals surface area contributed by atoms with Crippen molar-refractivity contribution in [3.05, 3.63) is 24.3 Å². The number of rotatable bonds is 4. The van der Waals surface area contributed by atoms with E-state index in [0.717, 1.165) is 0 Å². The second kappa shape index (κ2) is 3.88. The van der Waals surface area contributed by atoms with Gasteiger partial charge in [-0.25, -0.2) is 9.59 Å². The van der Waals surface area contributed by atoms with Crippen molar-refractivity contribution in [3.63, 3.8) is 0 Å². The smallest absolute Gasteiger partial charge is 0.336 e. The number of carbonyl (C=O) groups excluding carboxylic acids is 2. The van der Waals surface area contributed by atoms with E-state index in [0.29, 0.717) is 12.8 Å². The van der Waals surface area contributed by atoms with E-state index in [1.807, 2.05) is 0 Å². The molecular formula is C11H14O4. The Kier molecular flexibility index (Phi) is 2.98. The second-order valence-electron chi connectivity index (χ2n) is 3.75. The molecule has 0 saturated heterocycles. The van der Waals surface area contributed by atoms with Gasteiger partial charge in [-0.05, 0) is 13.8 Å². The van der Waals surface area contributed by atoms with Crippen LogP contribution in [0, 0.1) is 0 Å². The van der Waals surface area contributed by atoms with Crippen LogP contribution in [0.3, 0.4) is 0 Å². The largest absolute Gasteiger partial charge is 0.419 e. The molecule has 1 aliphatic rings. The summed E-state index contributed by atoms with van der Waals surface area (Å²) in [6, 6.07) is 0. The van der Waals surface area contributed by atoms with E-state index in [9.17, 15) is 9.59 Å². The first kappa shape index (κ1) is 11.5. The molecule has 0 unspecified atom stereocenters. The SMILES string of the molecule is C=C(C)C(=O)OC1(OC(=O)C(=C)C)CC1. The molecule has 0 atom stereocenters. The molecule has 1 aliphatic carbocycles. The third-order valence-corrected chi connectivity index (χ3v) is 1.91. The van der Waals surface area contributed by atoms with Gasteiger partial charge in [-0.15, -0.1) is 0 Å². The van der Waals surface area contributed by atoms with Crippen LogP contribution in [0.5, 0.6) is 0 Å². The monoisotopic (exact) mass is 210 g/mol. The van der Waals surface area contributed by atoms with Crippen LogP contribution < -0.4 is 0 Å². The molecule has 4 heteroatoms. The summed E-state index contributed by atoms with van der Waals surface area (Å²) in [6.45, 7) is 9.98. The Balaban J connectivity index is 2.54. The first-order valence-corrected chi connectivity index (χ1v) is 4.64. The minimum Gasteiger partial charge on any atom is -0.419 e. The lowest BCUT2D eigenvalue weighted by molar-refractivity contribution is -0.190. The molecule has 0 bridgehead atoms. The summed E-state index contributed by atoms with van der Waals surface area (Å²) < 4.78 is 10.0. The number of carbonyl (C=O) groups is 2. The van der Waals surface area contributed by atoms with E-state index in [1.54, 1.807) is 13.8 Å². The second-order valence-corrected chi connectivity index (χ2v) is 3.75. The van der Waals surface area contributed by atoms with Gasteiger partial charge in [-0.3, -0.25) is 0 Å². The van der Waals surface area contributed by atoms with Gasteiger partial charge in [0, 0.05) is 24.0 Å². The van der Waals surface area contributed by atoms with E-state index in [2.05, 4.69) is 13.2 Å². The maximum absolute atomic E-state index is 11.2. The highest BCUT2D eigenvalue weighted by Gasteiger charge is 2.51. The molecule has 15 heavy (non-hydrogen) atoms. The molecule has 1 saturated carbocycles. The third kappa shape index (κ3) is 2.94. The predicted molar refractivity (Wildman–Crippen MR) is 53.8 cm³/mol. The quantitative estimate of drug-likeness (QED) is 0.402. The maximum Gasteiger partial charge on any atom is 0.336 e. The Bertz CT molecular complexity index is 306. The van der Waals surface area contributed by atoms with Crippen molar-refractivity contribution in [1.82, 2.24) is 0 Å². The molecule has 82 valence electrons. The fraction of sp³-hybridized carbons (Fsp3) is 0.455. The van der Waals surface area contributed by atoms with Gasteiger partial charge in [-0.2, -0.15) is 0 Å². The summed E-state index contributed by atoms with van der Waals surface area (Å²) in [5.74, 6) is -2.14. The number of hydrogen-bond donors (Lipinski definition) is 0. The van der Waals surface area contributed by atoms with Crippen LogP contribution >= 0.6 is 0 Å². The molecule has 0 heterocycles. The van der Waals surface area contributed by atoms with Crippen molar-refractivity contribution in [2.75, 3.05) is 0 Å². The normalized spacial score (nSPS) is 16.4.